The molecule has 110 valence electrons. The van der Waals surface area contributed by atoms with Gasteiger partial charge in [0.05, 0.1) is 0 Å². The summed E-state index contributed by atoms with van der Waals surface area (Å²) in [5.41, 5.74) is 7.08. The zero-order valence-corrected chi connectivity index (χ0v) is 13.5. The van der Waals surface area contributed by atoms with Crippen molar-refractivity contribution in [2.75, 3.05) is 0 Å². The maximum atomic E-state index is 2.45. The van der Waals surface area contributed by atoms with Gasteiger partial charge >= 0.3 is 0 Å². The van der Waals surface area contributed by atoms with Gasteiger partial charge in [0.1, 0.15) is 7.05 Å². The van der Waals surface area contributed by atoms with Crippen LogP contribution in [-0.4, -0.2) is 0 Å². The highest BCUT2D eigenvalue weighted by Gasteiger charge is 2.22. The number of aromatic nitrogens is 1. The van der Waals surface area contributed by atoms with Crippen LogP contribution in [0, 0.1) is 13.8 Å². The quantitative estimate of drug-likeness (QED) is 0.693. The highest BCUT2D eigenvalue weighted by Crippen LogP contribution is 2.35. The number of aryl methyl sites for hydroxylation is 3. The molecule has 1 nitrogen and oxygen atoms in total. The van der Waals surface area contributed by atoms with Gasteiger partial charge in [-0.1, -0.05) is 37.5 Å². The van der Waals surface area contributed by atoms with Crippen molar-refractivity contribution in [2.45, 2.75) is 51.9 Å². The van der Waals surface area contributed by atoms with Gasteiger partial charge in [0.25, 0.3) is 0 Å². The van der Waals surface area contributed by atoms with Crippen molar-refractivity contribution in [1.29, 1.82) is 0 Å². The minimum atomic E-state index is 0.766. The van der Waals surface area contributed by atoms with Crippen molar-refractivity contribution in [3.8, 4) is 11.3 Å². The first-order valence-electron chi connectivity index (χ1n) is 8.23. The molecular formula is C20H26N+. The summed E-state index contributed by atoms with van der Waals surface area (Å²) in [6.07, 6.45) is 9.24. The van der Waals surface area contributed by atoms with Gasteiger partial charge in [0, 0.05) is 17.2 Å². The number of hydrogen-bond acceptors (Lipinski definition) is 0. The second-order valence-corrected chi connectivity index (χ2v) is 6.56. The Kier molecular flexibility index (Phi) is 4.10. The van der Waals surface area contributed by atoms with Gasteiger partial charge in [-0.15, -0.1) is 0 Å². The van der Waals surface area contributed by atoms with Crippen molar-refractivity contribution >= 4 is 0 Å². The summed E-state index contributed by atoms with van der Waals surface area (Å²) < 4.78 is 2.28. The standard InChI is InChI=1S/C20H26N/c1-15-9-7-8-12-18(15)20-13-19(16(2)14-21(20)3)17-10-5-4-6-11-17/h7-9,12-14,17H,4-6,10-11H2,1-3H3/q+1. The van der Waals surface area contributed by atoms with Crippen molar-refractivity contribution < 1.29 is 4.57 Å². The molecule has 0 N–H and O–H groups in total. The van der Waals surface area contributed by atoms with Gasteiger partial charge in [0.2, 0.25) is 5.69 Å². The summed E-state index contributed by atoms with van der Waals surface area (Å²) in [4.78, 5) is 0. The zero-order chi connectivity index (χ0) is 14.8. The fourth-order valence-electron chi connectivity index (χ4n) is 3.78. The van der Waals surface area contributed by atoms with E-state index in [4.69, 9.17) is 0 Å². The van der Waals surface area contributed by atoms with Gasteiger partial charge in [-0.05, 0) is 49.8 Å². The molecule has 21 heavy (non-hydrogen) atoms. The summed E-state index contributed by atoms with van der Waals surface area (Å²) in [5, 5.41) is 0. The highest BCUT2D eigenvalue weighted by molar-refractivity contribution is 5.61. The van der Waals surface area contributed by atoms with Crippen LogP contribution in [0.4, 0.5) is 0 Å². The SMILES string of the molecule is Cc1ccccc1-c1cc(C2CCCCC2)c(C)c[n+]1C. The van der Waals surface area contributed by atoms with E-state index in [-0.39, 0.29) is 0 Å². The van der Waals surface area contributed by atoms with Crippen LogP contribution >= 0.6 is 0 Å². The zero-order valence-electron chi connectivity index (χ0n) is 13.5. The Morgan fingerprint density at radius 3 is 2.38 bits per heavy atom. The lowest BCUT2D eigenvalue weighted by Gasteiger charge is -2.23. The molecule has 0 bridgehead atoms. The molecule has 0 spiro atoms. The molecule has 1 fully saturated rings. The lowest BCUT2D eigenvalue weighted by molar-refractivity contribution is -0.660. The molecule has 1 aromatic carbocycles. The molecule has 1 aliphatic rings. The number of pyridine rings is 1. The Balaban J connectivity index is 2.07. The molecule has 0 aliphatic heterocycles. The van der Waals surface area contributed by atoms with E-state index in [0.717, 1.165) is 5.92 Å². The molecule has 0 radical (unpaired) electrons. The normalized spacial score (nSPS) is 16.1. The lowest BCUT2D eigenvalue weighted by Crippen LogP contribution is -2.32. The summed E-state index contributed by atoms with van der Waals surface area (Å²) in [6, 6.07) is 11.2. The van der Waals surface area contributed by atoms with Gasteiger partial charge in [-0.2, -0.15) is 0 Å². The van der Waals surface area contributed by atoms with Crippen LogP contribution < -0.4 is 4.57 Å². The number of rotatable bonds is 2. The Hall–Kier alpha value is -1.63. The Labute approximate surface area is 128 Å². The van der Waals surface area contributed by atoms with E-state index in [0.29, 0.717) is 0 Å². The summed E-state index contributed by atoms with van der Waals surface area (Å²) in [7, 11) is 2.17. The predicted octanol–water partition coefficient (Wildman–Crippen LogP) is 4.84. The van der Waals surface area contributed by atoms with E-state index in [9.17, 15) is 0 Å². The van der Waals surface area contributed by atoms with Gasteiger partial charge in [-0.25, -0.2) is 4.57 Å². The van der Waals surface area contributed by atoms with Crippen LogP contribution in [0.3, 0.4) is 0 Å². The van der Waals surface area contributed by atoms with Crippen LogP contribution in [0.15, 0.2) is 36.5 Å². The monoisotopic (exact) mass is 280 g/mol. The third kappa shape index (κ3) is 2.88. The van der Waals surface area contributed by atoms with Gasteiger partial charge < -0.3 is 0 Å². The van der Waals surface area contributed by atoms with Crippen LogP contribution in [0.5, 0.6) is 0 Å². The topological polar surface area (TPSA) is 3.88 Å². The van der Waals surface area contributed by atoms with Crippen molar-refractivity contribution in [3.63, 3.8) is 0 Å². The molecule has 2 aromatic rings. The molecule has 0 amide bonds. The van der Waals surface area contributed by atoms with E-state index >= 15 is 0 Å². The molecule has 0 unspecified atom stereocenters. The van der Waals surface area contributed by atoms with E-state index < -0.39 is 0 Å². The van der Waals surface area contributed by atoms with Crippen LogP contribution in [-0.2, 0) is 7.05 Å². The maximum absolute atomic E-state index is 2.45. The smallest absolute Gasteiger partial charge is 0.201 e. The third-order valence-electron chi connectivity index (χ3n) is 4.98. The molecule has 1 heteroatoms. The van der Waals surface area contributed by atoms with E-state index in [1.54, 1.807) is 5.56 Å². The molecule has 3 rings (SSSR count). The molecule has 1 aromatic heterocycles. The summed E-state index contributed by atoms with van der Waals surface area (Å²) in [5.74, 6) is 0.766. The van der Waals surface area contributed by atoms with E-state index in [1.807, 2.05) is 0 Å². The van der Waals surface area contributed by atoms with E-state index in [1.165, 1.54) is 54.5 Å². The van der Waals surface area contributed by atoms with Gasteiger partial charge in [0.15, 0.2) is 6.20 Å². The minimum Gasteiger partial charge on any atom is -0.201 e. The third-order valence-corrected chi connectivity index (χ3v) is 4.98. The van der Waals surface area contributed by atoms with Crippen LogP contribution in [0.25, 0.3) is 11.3 Å². The van der Waals surface area contributed by atoms with Crippen molar-refractivity contribution in [2.24, 2.45) is 7.05 Å². The fourth-order valence-corrected chi connectivity index (χ4v) is 3.78. The molecule has 0 saturated heterocycles. The second kappa shape index (κ2) is 6.01. The second-order valence-electron chi connectivity index (χ2n) is 6.56. The molecular weight excluding hydrogens is 254 g/mol. The first kappa shape index (κ1) is 14.3. The Morgan fingerprint density at radius 1 is 0.952 bits per heavy atom. The number of hydrogen-bond donors (Lipinski definition) is 0. The van der Waals surface area contributed by atoms with Gasteiger partial charge in [-0.3, -0.25) is 0 Å². The van der Waals surface area contributed by atoms with E-state index in [2.05, 4.69) is 62.0 Å². The Morgan fingerprint density at radius 2 is 1.67 bits per heavy atom. The minimum absolute atomic E-state index is 0.766. The first-order chi connectivity index (χ1) is 10.2. The predicted molar refractivity (Wildman–Crippen MR) is 88.4 cm³/mol. The molecule has 1 aliphatic carbocycles. The number of nitrogens with zero attached hydrogens (tertiary/aromatic N) is 1. The molecule has 1 heterocycles. The molecule has 1 saturated carbocycles. The average Bonchev–Trinajstić information content (AvgIpc) is 2.49. The number of benzene rings is 1. The lowest BCUT2D eigenvalue weighted by atomic mass is 9.82. The fraction of sp³-hybridized carbons (Fsp3) is 0.450. The maximum Gasteiger partial charge on any atom is 0.212 e. The highest BCUT2D eigenvalue weighted by atomic mass is 14.9. The summed E-state index contributed by atoms with van der Waals surface area (Å²) in [6.45, 7) is 4.47. The average molecular weight is 280 g/mol. The van der Waals surface area contributed by atoms with Crippen molar-refractivity contribution in [3.05, 3.63) is 53.2 Å². The first-order valence-corrected chi connectivity index (χ1v) is 8.23. The Bertz CT molecular complexity index is 636. The summed E-state index contributed by atoms with van der Waals surface area (Å²) >= 11 is 0. The van der Waals surface area contributed by atoms with Crippen LogP contribution in [0.2, 0.25) is 0 Å². The van der Waals surface area contributed by atoms with Crippen LogP contribution in [0.1, 0.15) is 54.7 Å². The largest absolute Gasteiger partial charge is 0.212 e. The van der Waals surface area contributed by atoms with Crippen molar-refractivity contribution in [1.82, 2.24) is 0 Å². The molecule has 0 atom stereocenters.